The Morgan fingerprint density at radius 2 is 1.85 bits per heavy atom. The number of nitrogens with one attached hydrogen (secondary N) is 1. The van der Waals surface area contributed by atoms with Crippen LogP contribution in [0, 0.1) is 5.92 Å². The van der Waals surface area contributed by atoms with Crippen LogP contribution in [-0.4, -0.2) is 15.2 Å². The monoisotopic (exact) mass is 182 g/mol. The second kappa shape index (κ2) is 3.87. The van der Waals surface area contributed by atoms with Crippen LogP contribution in [0.25, 0.3) is 0 Å². The minimum absolute atomic E-state index is 0.0417. The van der Waals surface area contributed by atoms with E-state index in [0.29, 0.717) is 11.8 Å². The highest BCUT2D eigenvalue weighted by Gasteiger charge is 2.15. The second-order valence-corrected chi connectivity index (χ2v) is 4.00. The molecule has 0 aliphatic heterocycles. The third-order valence-electron chi connectivity index (χ3n) is 2.07. The highest BCUT2D eigenvalue weighted by molar-refractivity contribution is 4.99. The zero-order valence-electron chi connectivity index (χ0n) is 8.70. The number of aromatic amines is 1. The average Bonchev–Trinajstić information content (AvgIpc) is 2.50. The van der Waals surface area contributed by atoms with Crippen molar-refractivity contribution in [1.82, 2.24) is 15.2 Å². The zero-order chi connectivity index (χ0) is 10.0. The largest absolute Gasteiger partial charge is 0.321 e. The summed E-state index contributed by atoms with van der Waals surface area (Å²) in [4.78, 5) is 4.34. The first-order valence-electron chi connectivity index (χ1n) is 4.70. The van der Waals surface area contributed by atoms with Gasteiger partial charge in [-0.15, -0.1) is 0 Å². The molecule has 0 saturated carbocycles. The Bertz CT molecular complexity index is 264. The van der Waals surface area contributed by atoms with Gasteiger partial charge in [0.25, 0.3) is 0 Å². The topological polar surface area (TPSA) is 67.6 Å². The molecule has 0 fully saturated rings. The van der Waals surface area contributed by atoms with Gasteiger partial charge in [-0.2, -0.15) is 5.10 Å². The van der Waals surface area contributed by atoms with Gasteiger partial charge < -0.3 is 5.73 Å². The lowest BCUT2D eigenvalue weighted by Gasteiger charge is -2.11. The Morgan fingerprint density at radius 3 is 2.23 bits per heavy atom. The molecule has 0 aromatic carbocycles. The molecule has 4 nitrogen and oxygen atoms in total. The predicted octanol–water partition coefficient (Wildman–Crippen LogP) is 1.58. The summed E-state index contributed by atoms with van der Waals surface area (Å²) in [7, 11) is 0. The average molecular weight is 182 g/mol. The predicted molar refractivity (Wildman–Crippen MR) is 52.2 cm³/mol. The molecule has 0 amide bonds. The number of hydrogen-bond donors (Lipinski definition) is 2. The molecule has 1 atom stereocenters. The van der Waals surface area contributed by atoms with E-state index in [1.807, 2.05) is 0 Å². The maximum atomic E-state index is 5.92. The minimum atomic E-state index is -0.0417. The highest BCUT2D eigenvalue weighted by Crippen LogP contribution is 2.16. The Hall–Kier alpha value is -0.900. The fourth-order valence-electron chi connectivity index (χ4n) is 1.01. The van der Waals surface area contributed by atoms with Crippen molar-refractivity contribution < 1.29 is 0 Å². The Balaban J connectivity index is 2.79. The van der Waals surface area contributed by atoms with Crippen molar-refractivity contribution in [3.05, 3.63) is 11.6 Å². The normalized spacial score (nSPS) is 14.1. The summed E-state index contributed by atoms with van der Waals surface area (Å²) >= 11 is 0. The Labute approximate surface area is 78.9 Å². The quantitative estimate of drug-likeness (QED) is 0.745. The van der Waals surface area contributed by atoms with Crippen LogP contribution in [0.15, 0.2) is 0 Å². The van der Waals surface area contributed by atoms with Gasteiger partial charge in [0.2, 0.25) is 0 Å². The third-order valence-corrected chi connectivity index (χ3v) is 2.07. The van der Waals surface area contributed by atoms with E-state index in [-0.39, 0.29) is 6.04 Å². The van der Waals surface area contributed by atoms with E-state index in [4.69, 9.17) is 5.73 Å². The van der Waals surface area contributed by atoms with Crippen LogP contribution in [0.1, 0.15) is 51.3 Å². The van der Waals surface area contributed by atoms with Gasteiger partial charge in [-0.05, 0) is 5.92 Å². The molecule has 0 aliphatic carbocycles. The number of nitrogens with zero attached hydrogens (tertiary/aromatic N) is 2. The minimum Gasteiger partial charge on any atom is -0.321 e. The summed E-state index contributed by atoms with van der Waals surface area (Å²) in [5.74, 6) is 2.36. The Morgan fingerprint density at radius 1 is 1.23 bits per heavy atom. The maximum Gasteiger partial charge on any atom is 0.153 e. The number of H-pyrrole nitrogens is 1. The van der Waals surface area contributed by atoms with Crippen molar-refractivity contribution in [2.24, 2.45) is 11.7 Å². The summed E-state index contributed by atoms with van der Waals surface area (Å²) in [6.45, 7) is 8.27. The number of rotatable bonds is 3. The SMILES string of the molecule is CC(C)c1n[nH]c([C@H](N)C(C)C)n1. The molecule has 0 bridgehead atoms. The fourth-order valence-corrected chi connectivity index (χ4v) is 1.01. The Kier molecular flexibility index (Phi) is 3.03. The number of aromatic nitrogens is 3. The first-order chi connectivity index (χ1) is 6.02. The number of hydrogen-bond acceptors (Lipinski definition) is 3. The fraction of sp³-hybridized carbons (Fsp3) is 0.778. The molecule has 0 unspecified atom stereocenters. The lowest BCUT2D eigenvalue weighted by Crippen LogP contribution is -2.18. The molecule has 1 rings (SSSR count). The van der Waals surface area contributed by atoms with Crippen molar-refractivity contribution in [3.8, 4) is 0 Å². The van der Waals surface area contributed by atoms with Gasteiger partial charge in [-0.1, -0.05) is 27.7 Å². The molecule has 0 saturated heterocycles. The second-order valence-electron chi connectivity index (χ2n) is 4.00. The molecule has 0 aliphatic rings. The van der Waals surface area contributed by atoms with E-state index in [2.05, 4.69) is 42.9 Å². The molecule has 1 heterocycles. The summed E-state index contributed by atoms with van der Waals surface area (Å²) in [6, 6.07) is -0.0417. The zero-order valence-corrected chi connectivity index (χ0v) is 8.70. The first kappa shape index (κ1) is 10.2. The standard InChI is InChI=1S/C9H18N4/c1-5(2)7(10)9-11-8(6(3)4)12-13-9/h5-7H,10H2,1-4H3,(H,11,12,13)/t7-/m1/s1. The van der Waals surface area contributed by atoms with Crippen LogP contribution in [0.4, 0.5) is 0 Å². The molecule has 0 spiro atoms. The van der Waals surface area contributed by atoms with Gasteiger partial charge in [-0.3, -0.25) is 5.10 Å². The smallest absolute Gasteiger partial charge is 0.153 e. The van der Waals surface area contributed by atoms with Gasteiger partial charge in [-0.25, -0.2) is 4.98 Å². The highest BCUT2D eigenvalue weighted by atomic mass is 15.2. The molecule has 4 heteroatoms. The molecule has 3 N–H and O–H groups in total. The number of nitrogens with two attached hydrogens (primary N) is 1. The van der Waals surface area contributed by atoms with Crippen LogP contribution in [0.2, 0.25) is 0 Å². The van der Waals surface area contributed by atoms with Gasteiger partial charge in [0.15, 0.2) is 5.82 Å². The van der Waals surface area contributed by atoms with Gasteiger partial charge >= 0.3 is 0 Å². The van der Waals surface area contributed by atoms with E-state index < -0.39 is 0 Å². The first-order valence-corrected chi connectivity index (χ1v) is 4.70. The van der Waals surface area contributed by atoms with E-state index >= 15 is 0 Å². The molecule has 74 valence electrons. The molecular weight excluding hydrogens is 164 g/mol. The summed E-state index contributed by atoms with van der Waals surface area (Å²) in [5, 5.41) is 6.99. The van der Waals surface area contributed by atoms with Crippen LogP contribution < -0.4 is 5.73 Å². The van der Waals surface area contributed by atoms with Crippen LogP contribution >= 0.6 is 0 Å². The summed E-state index contributed by atoms with van der Waals surface area (Å²) in [6.07, 6.45) is 0. The van der Waals surface area contributed by atoms with E-state index in [1.54, 1.807) is 0 Å². The van der Waals surface area contributed by atoms with Crippen LogP contribution in [-0.2, 0) is 0 Å². The van der Waals surface area contributed by atoms with Gasteiger partial charge in [0.1, 0.15) is 5.82 Å². The van der Waals surface area contributed by atoms with Crippen LogP contribution in [0.5, 0.6) is 0 Å². The lowest BCUT2D eigenvalue weighted by atomic mass is 10.1. The van der Waals surface area contributed by atoms with E-state index in [0.717, 1.165) is 11.6 Å². The molecule has 1 aromatic rings. The van der Waals surface area contributed by atoms with E-state index in [9.17, 15) is 0 Å². The van der Waals surface area contributed by atoms with E-state index in [1.165, 1.54) is 0 Å². The van der Waals surface area contributed by atoms with Gasteiger partial charge in [0, 0.05) is 5.92 Å². The van der Waals surface area contributed by atoms with Gasteiger partial charge in [0.05, 0.1) is 6.04 Å². The van der Waals surface area contributed by atoms with Crippen LogP contribution in [0.3, 0.4) is 0 Å². The van der Waals surface area contributed by atoms with Crippen molar-refractivity contribution in [3.63, 3.8) is 0 Å². The third kappa shape index (κ3) is 2.28. The summed E-state index contributed by atoms with van der Waals surface area (Å²) in [5.41, 5.74) is 5.92. The maximum absolute atomic E-state index is 5.92. The molecule has 1 aromatic heterocycles. The molecule has 13 heavy (non-hydrogen) atoms. The molecular formula is C9H18N4. The van der Waals surface area contributed by atoms with Crippen molar-refractivity contribution in [2.45, 2.75) is 39.7 Å². The summed E-state index contributed by atoms with van der Waals surface area (Å²) < 4.78 is 0. The van der Waals surface area contributed by atoms with Crippen molar-refractivity contribution >= 4 is 0 Å². The van der Waals surface area contributed by atoms with Crippen molar-refractivity contribution in [2.75, 3.05) is 0 Å². The molecule has 0 radical (unpaired) electrons. The van der Waals surface area contributed by atoms with Crippen molar-refractivity contribution in [1.29, 1.82) is 0 Å². The lowest BCUT2D eigenvalue weighted by molar-refractivity contribution is 0.491.